The summed E-state index contributed by atoms with van der Waals surface area (Å²) in [5, 5.41) is 7.11. The van der Waals surface area contributed by atoms with Crippen LogP contribution in [0.3, 0.4) is 0 Å². The van der Waals surface area contributed by atoms with Crippen LogP contribution in [-0.4, -0.2) is 0 Å². The van der Waals surface area contributed by atoms with Crippen LogP contribution >= 0.6 is 0 Å². The second-order valence-corrected chi connectivity index (χ2v) is 10.1. The van der Waals surface area contributed by atoms with Gasteiger partial charge in [0.25, 0.3) is 0 Å². The smallest absolute Gasteiger partial charge is 0.159 e. The average molecular weight is 512 g/mol. The number of furan rings is 1. The van der Waals surface area contributed by atoms with Gasteiger partial charge in [-0.05, 0) is 46.0 Å². The van der Waals surface area contributed by atoms with Crippen LogP contribution in [0.15, 0.2) is 156 Å². The van der Waals surface area contributed by atoms with E-state index in [1.807, 2.05) is 12.1 Å². The van der Waals surface area contributed by atoms with Crippen LogP contribution in [0, 0.1) is 0 Å². The Morgan fingerprint density at radius 3 is 1.90 bits per heavy atom. The molecule has 0 amide bonds. The molecular formula is C38H25NO. The molecule has 0 atom stereocenters. The van der Waals surface area contributed by atoms with Crippen molar-refractivity contribution in [1.82, 2.24) is 0 Å². The van der Waals surface area contributed by atoms with Gasteiger partial charge in [0, 0.05) is 21.7 Å². The molecule has 1 aromatic heterocycles. The molecule has 1 heterocycles. The van der Waals surface area contributed by atoms with Crippen molar-refractivity contribution in [3.8, 4) is 11.1 Å². The zero-order chi connectivity index (χ0) is 26.5. The molecule has 0 saturated carbocycles. The minimum absolute atomic E-state index is 0.879. The Hall–Kier alpha value is -5.34. The molecule has 40 heavy (non-hydrogen) atoms. The summed E-state index contributed by atoms with van der Waals surface area (Å²) in [4.78, 5) is 2.39. The molecule has 0 spiro atoms. The number of rotatable bonds is 4. The van der Waals surface area contributed by atoms with E-state index in [4.69, 9.17) is 4.42 Å². The van der Waals surface area contributed by atoms with E-state index < -0.39 is 0 Å². The topological polar surface area (TPSA) is 16.4 Å². The lowest BCUT2D eigenvalue weighted by atomic mass is 9.97. The van der Waals surface area contributed by atoms with Crippen molar-refractivity contribution in [3.63, 3.8) is 0 Å². The maximum Gasteiger partial charge on any atom is 0.159 e. The first-order valence-corrected chi connectivity index (χ1v) is 13.6. The molecule has 0 N–H and O–H groups in total. The molecule has 8 aromatic rings. The molecule has 8 rings (SSSR count). The van der Waals surface area contributed by atoms with Gasteiger partial charge in [-0.1, -0.05) is 127 Å². The molecule has 0 aliphatic carbocycles. The van der Waals surface area contributed by atoms with Gasteiger partial charge in [-0.15, -0.1) is 0 Å². The summed E-state index contributed by atoms with van der Waals surface area (Å²) in [7, 11) is 0. The Kier molecular flexibility index (Phi) is 5.17. The zero-order valence-electron chi connectivity index (χ0n) is 21.8. The van der Waals surface area contributed by atoms with E-state index in [9.17, 15) is 0 Å². The van der Waals surface area contributed by atoms with E-state index in [-0.39, 0.29) is 0 Å². The maximum absolute atomic E-state index is 6.61. The standard InChI is InChI=1S/C38H25NO/c1-2-13-26(14-3-1)29-17-8-10-22-34(29)39(35-23-12-21-33-32-20-9-11-24-37(32)40-38(33)35)36-25-27-15-4-5-16-28(27)30-18-6-7-19-31(30)36/h1-25H. The van der Waals surface area contributed by atoms with Crippen LogP contribution in [-0.2, 0) is 0 Å². The van der Waals surface area contributed by atoms with Crippen molar-refractivity contribution in [2.75, 3.05) is 4.90 Å². The van der Waals surface area contributed by atoms with E-state index >= 15 is 0 Å². The number of hydrogen-bond acceptors (Lipinski definition) is 2. The van der Waals surface area contributed by atoms with Crippen molar-refractivity contribution in [2.24, 2.45) is 0 Å². The second kappa shape index (κ2) is 9.14. The lowest BCUT2D eigenvalue weighted by Crippen LogP contribution is -2.12. The number of anilines is 3. The van der Waals surface area contributed by atoms with Gasteiger partial charge in [0.15, 0.2) is 5.58 Å². The van der Waals surface area contributed by atoms with E-state index in [1.54, 1.807) is 0 Å². The van der Waals surface area contributed by atoms with E-state index in [1.165, 1.54) is 27.1 Å². The fraction of sp³-hybridized carbons (Fsp3) is 0. The third-order valence-corrected chi connectivity index (χ3v) is 7.84. The normalized spacial score (nSPS) is 11.5. The van der Waals surface area contributed by atoms with Gasteiger partial charge < -0.3 is 9.32 Å². The van der Waals surface area contributed by atoms with Crippen LogP contribution in [0.4, 0.5) is 17.1 Å². The predicted molar refractivity (Wildman–Crippen MR) is 169 cm³/mol. The first-order valence-electron chi connectivity index (χ1n) is 13.6. The third-order valence-electron chi connectivity index (χ3n) is 7.84. The summed E-state index contributed by atoms with van der Waals surface area (Å²) in [5.41, 5.74) is 7.33. The van der Waals surface area contributed by atoms with Gasteiger partial charge in [0.05, 0.1) is 17.1 Å². The van der Waals surface area contributed by atoms with E-state index in [0.29, 0.717) is 0 Å². The molecule has 2 heteroatoms. The molecule has 0 bridgehead atoms. The minimum atomic E-state index is 0.879. The highest BCUT2D eigenvalue weighted by molar-refractivity contribution is 6.17. The SMILES string of the molecule is c1ccc(-c2ccccc2N(c2cc3ccccc3c3ccccc23)c2cccc3c2oc2ccccc23)cc1. The Morgan fingerprint density at radius 2 is 1.02 bits per heavy atom. The highest BCUT2D eigenvalue weighted by atomic mass is 16.3. The summed E-state index contributed by atoms with van der Waals surface area (Å²) < 4.78 is 6.61. The van der Waals surface area contributed by atoms with Gasteiger partial charge in [-0.2, -0.15) is 0 Å². The molecule has 2 nitrogen and oxygen atoms in total. The molecule has 188 valence electrons. The van der Waals surface area contributed by atoms with Crippen LogP contribution in [0.1, 0.15) is 0 Å². The summed E-state index contributed by atoms with van der Waals surface area (Å²) in [6.07, 6.45) is 0. The van der Waals surface area contributed by atoms with Crippen molar-refractivity contribution < 1.29 is 4.42 Å². The van der Waals surface area contributed by atoms with Crippen molar-refractivity contribution in [1.29, 1.82) is 0 Å². The summed E-state index contributed by atoms with van der Waals surface area (Å²) in [6.45, 7) is 0. The average Bonchev–Trinajstić information content (AvgIpc) is 3.41. The number of fused-ring (bicyclic) bond motifs is 6. The van der Waals surface area contributed by atoms with Gasteiger partial charge in [-0.25, -0.2) is 0 Å². The van der Waals surface area contributed by atoms with Crippen LogP contribution in [0.5, 0.6) is 0 Å². The summed E-state index contributed by atoms with van der Waals surface area (Å²) in [5.74, 6) is 0. The molecule has 0 aliphatic rings. The monoisotopic (exact) mass is 511 g/mol. The maximum atomic E-state index is 6.61. The Labute approximate surface area is 232 Å². The van der Waals surface area contributed by atoms with Crippen LogP contribution < -0.4 is 4.90 Å². The number of hydrogen-bond donors (Lipinski definition) is 0. The largest absolute Gasteiger partial charge is 0.454 e. The molecule has 0 fully saturated rings. The first-order chi connectivity index (χ1) is 19.9. The fourth-order valence-electron chi connectivity index (χ4n) is 6.05. The van der Waals surface area contributed by atoms with Crippen LogP contribution in [0.25, 0.3) is 54.6 Å². The lowest BCUT2D eigenvalue weighted by molar-refractivity contribution is 0.669. The highest BCUT2D eigenvalue weighted by Gasteiger charge is 2.23. The Bertz CT molecular complexity index is 2170. The quantitative estimate of drug-likeness (QED) is 0.218. The Morgan fingerprint density at radius 1 is 0.400 bits per heavy atom. The predicted octanol–water partition coefficient (Wildman–Crippen LogP) is 11.0. The van der Waals surface area contributed by atoms with Gasteiger partial charge >= 0.3 is 0 Å². The fourth-order valence-corrected chi connectivity index (χ4v) is 6.05. The molecule has 0 radical (unpaired) electrons. The summed E-state index contributed by atoms with van der Waals surface area (Å²) >= 11 is 0. The lowest BCUT2D eigenvalue weighted by Gasteiger charge is -2.29. The van der Waals surface area contributed by atoms with Crippen molar-refractivity contribution >= 4 is 60.5 Å². The zero-order valence-corrected chi connectivity index (χ0v) is 21.8. The molecule has 0 aliphatic heterocycles. The van der Waals surface area contributed by atoms with Crippen molar-refractivity contribution in [3.05, 3.63) is 152 Å². The first kappa shape index (κ1) is 22.6. The third kappa shape index (κ3) is 3.50. The van der Waals surface area contributed by atoms with Crippen LogP contribution in [0.2, 0.25) is 0 Å². The van der Waals surface area contributed by atoms with Gasteiger partial charge in [0.1, 0.15) is 5.58 Å². The molecule has 0 unspecified atom stereocenters. The van der Waals surface area contributed by atoms with Gasteiger partial charge in [0.2, 0.25) is 0 Å². The molecule has 0 saturated heterocycles. The highest BCUT2D eigenvalue weighted by Crippen LogP contribution is 2.48. The number of nitrogens with zero attached hydrogens (tertiary/aromatic N) is 1. The van der Waals surface area contributed by atoms with E-state index in [2.05, 4.69) is 144 Å². The minimum Gasteiger partial charge on any atom is -0.454 e. The molecule has 7 aromatic carbocycles. The summed E-state index contributed by atoms with van der Waals surface area (Å²) in [6, 6.07) is 53.7. The number of para-hydroxylation sites is 3. The van der Waals surface area contributed by atoms with Gasteiger partial charge in [-0.3, -0.25) is 0 Å². The second-order valence-electron chi connectivity index (χ2n) is 10.1. The molecular weight excluding hydrogens is 486 g/mol. The van der Waals surface area contributed by atoms with E-state index in [0.717, 1.165) is 44.6 Å². The Balaban J connectivity index is 1.52. The number of benzene rings is 7. The van der Waals surface area contributed by atoms with Crippen molar-refractivity contribution in [2.45, 2.75) is 0 Å².